The summed E-state index contributed by atoms with van der Waals surface area (Å²) < 4.78 is 1.75. The molecule has 144 valence electrons. The fraction of sp³-hybridized carbons (Fsp3) is 0.381. The minimum Gasteiger partial charge on any atom is -0.388 e. The van der Waals surface area contributed by atoms with Gasteiger partial charge < -0.3 is 14.9 Å². The summed E-state index contributed by atoms with van der Waals surface area (Å²) in [6, 6.07) is 12.9. The number of fused-ring (bicyclic) bond motifs is 1. The van der Waals surface area contributed by atoms with Gasteiger partial charge >= 0.3 is 0 Å². The normalized spacial score (nSPS) is 16.9. The van der Waals surface area contributed by atoms with E-state index in [-0.39, 0.29) is 6.61 Å². The highest BCUT2D eigenvalue weighted by Gasteiger charge is 2.30. The van der Waals surface area contributed by atoms with Crippen LogP contribution in [0.5, 0.6) is 0 Å². The van der Waals surface area contributed by atoms with Crippen LogP contribution in [-0.2, 0) is 6.61 Å². The first-order valence-electron chi connectivity index (χ1n) is 9.45. The van der Waals surface area contributed by atoms with Crippen molar-refractivity contribution in [2.75, 3.05) is 32.1 Å². The van der Waals surface area contributed by atoms with Crippen molar-refractivity contribution in [1.29, 1.82) is 5.26 Å². The Labute approximate surface area is 164 Å². The maximum Gasteiger partial charge on any atom is 0.177 e. The number of nitrogens with zero attached hydrogens (tertiary/aromatic N) is 6. The Kier molecular flexibility index (Phi) is 4.75. The molecule has 0 spiro atoms. The van der Waals surface area contributed by atoms with Crippen LogP contribution in [0.3, 0.4) is 0 Å². The molecule has 2 aromatic heterocycles. The summed E-state index contributed by atoms with van der Waals surface area (Å²) in [5.41, 5.74) is 3.94. The highest BCUT2D eigenvalue weighted by atomic mass is 16.3. The van der Waals surface area contributed by atoms with Gasteiger partial charge in [0.1, 0.15) is 24.1 Å². The number of hydrogen-bond donors (Lipinski definition) is 1. The molecule has 4 rings (SSSR count). The van der Waals surface area contributed by atoms with E-state index in [9.17, 15) is 10.4 Å². The first-order valence-corrected chi connectivity index (χ1v) is 9.45. The molecular weight excluding hydrogens is 352 g/mol. The van der Waals surface area contributed by atoms with E-state index in [2.05, 4.69) is 52.2 Å². The molecule has 1 aliphatic rings. The van der Waals surface area contributed by atoms with Gasteiger partial charge in [-0.2, -0.15) is 9.78 Å². The summed E-state index contributed by atoms with van der Waals surface area (Å²) in [6.07, 6.45) is 1.06. The Balaban J connectivity index is 2.03. The number of rotatable bonds is 4. The quantitative estimate of drug-likeness (QED) is 0.752. The Morgan fingerprint density at radius 3 is 2.64 bits per heavy atom. The predicted molar refractivity (Wildman–Crippen MR) is 108 cm³/mol. The van der Waals surface area contributed by atoms with Crippen LogP contribution >= 0.6 is 0 Å². The van der Waals surface area contributed by atoms with E-state index >= 15 is 0 Å². The summed E-state index contributed by atoms with van der Waals surface area (Å²) >= 11 is 0. The number of aliphatic hydroxyl groups is 1. The minimum atomic E-state index is -0.258. The van der Waals surface area contributed by atoms with Crippen LogP contribution in [0, 0.1) is 18.3 Å². The lowest BCUT2D eigenvalue weighted by atomic mass is 9.97. The van der Waals surface area contributed by atoms with E-state index in [1.54, 1.807) is 4.52 Å². The third kappa shape index (κ3) is 2.91. The van der Waals surface area contributed by atoms with E-state index in [1.165, 1.54) is 0 Å². The van der Waals surface area contributed by atoms with Gasteiger partial charge in [0.15, 0.2) is 11.5 Å². The number of anilines is 1. The van der Waals surface area contributed by atoms with Crippen molar-refractivity contribution in [2.45, 2.75) is 26.0 Å². The minimum absolute atomic E-state index is 0.258. The van der Waals surface area contributed by atoms with E-state index in [0.29, 0.717) is 23.1 Å². The van der Waals surface area contributed by atoms with E-state index in [0.717, 1.165) is 42.0 Å². The SMILES string of the molecule is Cc1c(-c2ccccc2)c(N2CC[C@H](N(C)C)C2)n2nc(CO)nc2c1C#N. The number of nitriles is 1. The number of likely N-dealkylation sites (N-methyl/N-ethyl adjacent to an activating group) is 1. The first-order chi connectivity index (χ1) is 13.5. The fourth-order valence-corrected chi connectivity index (χ4v) is 4.03. The molecule has 0 radical (unpaired) electrons. The average Bonchev–Trinajstić information content (AvgIpc) is 3.35. The average molecular weight is 376 g/mol. The molecule has 0 bridgehead atoms. The highest BCUT2D eigenvalue weighted by Crippen LogP contribution is 2.38. The Hall–Kier alpha value is -2.95. The van der Waals surface area contributed by atoms with Crippen LogP contribution < -0.4 is 4.90 Å². The lowest BCUT2D eigenvalue weighted by Crippen LogP contribution is -2.32. The zero-order valence-electron chi connectivity index (χ0n) is 16.4. The summed E-state index contributed by atoms with van der Waals surface area (Å²) in [5, 5.41) is 23.9. The Morgan fingerprint density at radius 2 is 2.04 bits per heavy atom. The van der Waals surface area contributed by atoms with Crippen LogP contribution in [0.2, 0.25) is 0 Å². The molecule has 1 aromatic carbocycles. The van der Waals surface area contributed by atoms with Crippen molar-refractivity contribution in [1.82, 2.24) is 19.5 Å². The summed E-state index contributed by atoms with van der Waals surface area (Å²) in [6.45, 7) is 3.49. The van der Waals surface area contributed by atoms with Crippen molar-refractivity contribution in [3.05, 3.63) is 47.3 Å². The van der Waals surface area contributed by atoms with E-state index in [1.807, 2.05) is 25.1 Å². The summed E-state index contributed by atoms with van der Waals surface area (Å²) in [5.74, 6) is 1.26. The molecule has 7 heteroatoms. The van der Waals surface area contributed by atoms with Gasteiger partial charge in [-0.15, -0.1) is 5.10 Å². The summed E-state index contributed by atoms with van der Waals surface area (Å²) in [7, 11) is 4.20. The maximum absolute atomic E-state index is 9.83. The van der Waals surface area contributed by atoms with E-state index in [4.69, 9.17) is 0 Å². The maximum atomic E-state index is 9.83. The monoisotopic (exact) mass is 376 g/mol. The van der Waals surface area contributed by atoms with Gasteiger partial charge in [0, 0.05) is 24.7 Å². The second-order valence-electron chi connectivity index (χ2n) is 7.45. The molecule has 1 atom stereocenters. The molecular formula is C21H24N6O. The smallest absolute Gasteiger partial charge is 0.177 e. The van der Waals surface area contributed by atoms with Crippen LogP contribution in [0.4, 0.5) is 5.82 Å². The van der Waals surface area contributed by atoms with Gasteiger partial charge in [-0.05, 0) is 38.6 Å². The zero-order chi connectivity index (χ0) is 19.8. The number of hydrogen-bond acceptors (Lipinski definition) is 6. The largest absolute Gasteiger partial charge is 0.388 e. The molecule has 7 nitrogen and oxygen atoms in total. The van der Waals surface area contributed by atoms with Crippen LogP contribution in [0.25, 0.3) is 16.8 Å². The number of benzene rings is 1. The number of aliphatic hydroxyl groups excluding tert-OH is 1. The molecule has 1 saturated heterocycles. The molecule has 0 unspecified atom stereocenters. The number of pyridine rings is 1. The van der Waals surface area contributed by atoms with Gasteiger partial charge in [-0.3, -0.25) is 0 Å². The Morgan fingerprint density at radius 1 is 1.29 bits per heavy atom. The van der Waals surface area contributed by atoms with Gasteiger partial charge in [0.2, 0.25) is 0 Å². The van der Waals surface area contributed by atoms with Crippen molar-refractivity contribution in [2.24, 2.45) is 0 Å². The lowest BCUT2D eigenvalue weighted by Gasteiger charge is -2.26. The Bertz CT molecular complexity index is 1050. The second kappa shape index (κ2) is 7.23. The van der Waals surface area contributed by atoms with Crippen molar-refractivity contribution < 1.29 is 5.11 Å². The van der Waals surface area contributed by atoms with Crippen LogP contribution in [0.1, 0.15) is 23.4 Å². The highest BCUT2D eigenvalue weighted by molar-refractivity contribution is 5.85. The number of aromatic nitrogens is 3. The molecule has 0 aliphatic carbocycles. The van der Waals surface area contributed by atoms with Crippen molar-refractivity contribution >= 4 is 11.5 Å². The van der Waals surface area contributed by atoms with Gasteiger partial charge in [0.25, 0.3) is 0 Å². The fourth-order valence-electron chi connectivity index (χ4n) is 4.03. The van der Waals surface area contributed by atoms with Gasteiger partial charge in [-0.25, -0.2) is 4.98 Å². The standard InChI is InChI=1S/C21H24N6O/c1-14-17(11-22)20-23-18(13-28)24-27(20)21(19(14)15-7-5-4-6-8-15)26-10-9-16(12-26)25(2)3/h4-8,16,28H,9-10,12-13H2,1-3H3/t16-/m0/s1. The summed E-state index contributed by atoms with van der Waals surface area (Å²) in [4.78, 5) is 9.00. The van der Waals surface area contributed by atoms with Crippen LogP contribution in [-0.4, -0.2) is 57.8 Å². The molecule has 1 aliphatic heterocycles. The second-order valence-corrected chi connectivity index (χ2v) is 7.45. The lowest BCUT2D eigenvalue weighted by molar-refractivity contribution is 0.271. The van der Waals surface area contributed by atoms with Gasteiger partial charge in [0.05, 0.1) is 0 Å². The van der Waals surface area contributed by atoms with Crippen molar-refractivity contribution in [3.63, 3.8) is 0 Å². The molecule has 1 N–H and O–H groups in total. The predicted octanol–water partition coefficient (Wildman–Crippen LogP) is 2.21. The topological polar surface area (TPSA) is 80.7 Å². The molecule has 0 saturated carbocycles. The van der Waals surface area contributed by atoms with Gasteiger partial charge in [-0.1, -0.05) is 30.3 Å². The van der Waals surface area contributed by atoms with Crippen molar-refractivity contribution in [3.8, 4) is 17.2 Å². The van der Waals surface area contributed by atoms with Crippen LogP contribution in [0.15, 0.2) is 30.3 Å². The third-order valence-electron chi connectivity index (χ3n) is 5.56. The third-order valence-corrected chi connectivity index (χ3v) is 5.56. The molecule has 3 heterocycles. The zero-order valence-corrected chi connectivity index (χ0v) is 16.4. The first kappa shape index (κ1) is 18.4. The molecule has 28 heavy (non-hydrogen) atoms. The van der Waals surface area contributed by atoms with E-state index < -0.39 is 0 Å². The molecule has 1 fully saturated rings. The molecule has 0 amide bonds. The molecule has 3 aromatic rings.